The predicted octanol–water partition coefficient (Wildman–Crippen LogP) is 5.41. The highest BCUT2D eigenvalue weighted by atomic mass is 35.5. The maximum absolute atomic E-state index is 14.1. The number of pyridine rings is 1. The average Bonchev–Trinajstić information content (AvgIpc) is 3.24. The molecule has 0 aliphatic heterocycles. The van der Waals surface area contributed by atoms with E-state index in [1.54, 1.807) is 5.32 Å². The zero-order valence-corrected chi connectivity index (χ0v) is 26.3. The smallest absolute Gasteiger partial charge is 0.377 e. The van der Waals surface area contributed by atoms with E-state index < -0.39 is 70.6 Å². The topological polar surface area (TPSA) is 126 Å². The van der Waals surface area contributed by atoms with Crippen LogP contribution in [0, 0.1) is 23.5 Å². The second-order valence-electron chi connectivity index (χ2n) is 11.3. The fourth-order valence-corrected chi connectivity index (χ4v) is 6.11. The van der Waals surface area contributed by atoms with Gasteiger partial charge in [-0.25, -0.2) is 31.0 Å². The maximum Gasteiger partial charge on any atom is 0.471 e. The molecule has 48 heavy (non-hydrogen) atoms. The minimum absolute atomic E-state index is 0.0226. The lowest BCUT2D eigenvalue weighted by Crippen LogP contribution is -2.50. The van der Waals surface area contributed by atoms with E-state index in [1.165, 1.54) is 36.0 Å². The number of halogens is 8. The Morgan fingerprint density at radius 1 is 1.10 bits per heavy atom. The zero-order chi connectivity index (χ0) is 35.4. The summed E-state index contributed by atoms with van der Waals surface area (Å²) in [5.41, 5.74) is -2.42. The van der Waals surface area contributed by atoms with Gasteiger partial charge in [0.2, 0.25) is 10.0 Å². The van der Waals surface area contributed by atoms with Gasteiger partial charge in [0.15, 0.2) is 5.82 Å². The Balaban J connectivity index is 1.75. The van der Waals surface area contributed by atoms with E-state index in [9.17, 15) is 49.1 Å². The standard InChI is InChI=1S/C30H23ClF7N5O4S/c1-43-25-20(5-6-21(31)23(25)26(41-43)42-48(2,46)47)19-4-3-18(7-8-28(45)13-29(34,35)14-28)39-24(19)22(40-27(44)30(36,37)38)11-15-9-16(32)12-17(33)10-15/h3-6,9-10,12,22,45H,11,13-14H2,1-2H3,(H,40,44)(H,41,42)/t22-/m0/s1. The van der Waals surface area contributed by atoms with E-state index in [1.807, 2.05) is 0 Å². The number of anilines is 1. The molecule has 2 aromatic heterocycles. The summed E-state index contributed by atoms with van der Waals surface area (Å²) in [4.78, 5) is 16.6. The van der Waals surface area contributed by atoms with Gasteiger partial charge < -0.3 is 10.4 Å². The van der Waals surface area contributed by atoms with Crippen molar-refractivity contribution in [1.29, 1.82) is 0 Å². The van der Waals surface area contributed by atoms with Gasteiger partial charge in [-0.15, -0.1) is 0 Å². The molecule has 1 saturated carbocycles. The van der Waals surface area contributed by atoms with Gasteiger partial charge in [0, 0.05) is 24.2 Å². The number of nitrogens with one attached hydrogen (secondary N) is 2. The number of amides is 1. The molecule has 254 valence electrons. The molecule has 0 unspecified atom stereocenters. The number of fused-ring (bicyclic) bond motifs is 1. The van der Waals surface area contributed by atoms with Crippen molar-refractivity contribution in [2.45, 2.75) is 43.0 Å². The van der Waals surface area contributed by atoms with E-state index in [-0.39, 0.29) is 49.8 Å². The molecule has 0 spiro atoms. The van der Waals surface area contributed by atoms with Crippen molar-refractivity contribution < 1.29 is 49.1 Å². The van der Waals surface area contributed by atoms with Crippen molar-refractivity contribution in [2.75, 3.05) is 11.0 Å². The van der Waals surface area contributed by atoms with E-state index in [0.29, 0.717) is 6.07 Å². The monoisotopic (exact) mass is 717 g/mol. The second kappa shape index (κ2) is 12.2. The van der Waals surface area contributed by atoms with Crippen molar-refractivity contribution in [2.24, 2.45) is 7.05 Å². The summed E-state index contributed by atoms with van der Waals surface area (Å²) in [6, 6.07) is 5.84. The number of aryl methyl sites for hydroxylation is 1. The number of aromatic nitrogens is 3. The first-order chi connectivity index (χ1) is 22.1. The van der Waals surface area contributed by atoms with E-state index in [2.05, 4.69) is 26.6 Å². The molecular weight excluding hydrogens is 695 g/mol. The molecule has 1 atom stereocenters. The number of hydrogen-bond acceptors (Lipinski definition) is 6. The van der Waals surface area contributed by atoms with E-state index >= 15 is 0 Å². The summed E-state index contributed by atoms with van der Waals surface area (Å²) < 4.78 is 123. The van der Waals surface area contributed by atoms with Crippen molar-refractivity contribution in [3.05, 3.63) is 76.1 Å². The Kier molecular flexibility index (Phi) is 8.91. The number of nitrogens with zero attached hydrogens (tertiary/aromatic N) is 3. The first-order valence-electron chi connectivity index (χ1n) is 13.7. The minimum Gasteiger partial charge on any atom is -0.377 e. The molecule has 2 aromatic carbocycles. The van der Waals surface area contributed by atoms with E-state index in [0.717, 1.165) is 18.4 Å². The number of aliphatic hydroxyl groups is 1. The Morgan fingerprint density at radius 2 is 1.73 bits per heavy atom. The summed E-state index contributed by atoms with van der Waals surface area (Å²) in [7, 11) is -2.44. The van der Waals surface area contributed by atoms with Gasteiger partial charge in [-0.1, -0.05) is 23.6 Å². The Labute approximate surface area is 273 Å². The number of alkyl halides is 5. The van der Waals surface area contributed by atoms with Crippen molar-refractivity contribution in [3.63, 3.8) is 0 Å². The average molecular weight is 718 g/mol. The second-order valence-corrected chi connectivity index (χ2v) is 13.4. The van der Waals surface area contributed by atoms with Crippen LogP contribution in [0.1, 0.15) is 35.8 Å². The lowest BCUT2D eigenvalue weighted by Gasteiger charge is -2.39. The minimum atomic E-state index is -5.40. The Hall–Kier alpha value is -4.40. The lowest BCUT2D eigenvalue weighted by atomic mass is 9.77. The SMILES string of the molecule is Cn1nc(NS(C)(=O)=O)c2c(Cl)ccc(-c3ccc(C#CC4(O)CC(F)(F)C4)nc3[C@H](Cc3cc(F)cc(F)c3)NC(=O)C(F)(F)F)c21. The van der Waals surface area contributed by atoms with Crippen LogP contribution < -0.4 is 10.0 Å². The lowest BCUT2D eigenvalue weighted by molar-refractivity contribution is -0.176. The predicted molar refractivity (Wildman–Crippen MR) is 160 cm³/mol. The van der Waals surface area contributed by atoms with Crippen LogP contribution in [-0.2, 0) is 28.3 Å². The van der Waals surface area contributed by atoms with Crippen LogP contribution in [0.2, 0.25) is 5.02 Å². The Bertz CT molecular complexity index is 2100. The number of rotatable bonds is 7. The summed E-state index contributed by atoms with van der Waals surface area (Å²) in [5.74, 6) is -3.11. The molecule has 18 heteroatoms. The number of hydrogen-bond donors (Lipinski definition) is 3. The molecular formula is C30H23ClF7N5O4S. The molecule has 5 rings (SSSR count). The number of sulfonamides is 1. The third-order valence-electron chi connectivity index (χ3n) is 7.21. The van der Waals surface area contributed by atoms with Crippen molar-refractivity contribution in [1.82, 2.24) is 20.1 Å². The van der Waals surface area contributed by atoms with Crippen LogP contribution in [0.3, 0.4) is 0 Å². The van der Waals surface area contributed by atoms with Crippen LogP contribution in [0.5, 0.6) is 0 Å². The molecule has 0 bridgehead atoms. The quantitative estimate of drug-likeness (QED) is 0.173. The third-order valence-corrected chi connectivity index (χ3v) is 8.09. The first kappa shape index (κ1) is 34.9. The van der Waals surface area contributed by atoms with Gasteiger partial charge >= 0.3 is 12.1 Å². The van der Waals surface area contributed by atoms with Crippen LogP contribution >= 0.6 is 11.6 Å². The molecule has 0 radical (unpaired) electrons. The molecule has 2 heterocycles. The molecule has 4 aromatic rings. The number of benzene rings is 2. The maximum atomic E-state index is 14.1. The summed E-state index contributed by atoms with van der Waals surface area (Å²) in [6.07, 6.45) is -7.07. The van der Waals surface area contributed by atoms with Crippen LogP contribution in [-0.4, -0.2) is 58.2 Å². The third kappa shape index (κ3) is 7.66. The summed E-state index contributed by atoms with van der Waals surface area (Å²) in [5, 5.41) is 16.4. The molecule has 0 saturated heterocycles. The summed E-state index contributed by atoms with van der Waals surface area (Å²) >= 11 is 6.42. The molecule has 1 aliphatic carbocycles. The van der Waals surface area contributed by atoms with Gasteiger partial charge in [0.1, 0.15) is 22.9 Å². The van der Waals surface area contributed by atoms with Crippen LogP contribution in [0.15, 0.2) is 42.5 Å². The Morgan fingerprint density at radius 3 is 2.31 bits per heavy atom. The van der Waals surface area contributed by atoms with Crippen LogP contribution in [0.25, 0.3) is 22.0 Å². The number of carbonyl (C=O) groups is 1. The van der Waals surface area contributed by atoms with Crippen molar-refractivity contribution in [3.8, 4) is 23.0 Å². The summed E-state index contributed by atoms with van der Waals surface area (Å²) in [6.45, 7) is 0. The highest BCUT2D eigenvalue weighted by Crippen LogP contribution is 2.45. The normalized spacial score (nSPS) is 16.1. The van der Waals surface area contributed by atoms with Gasteiger partial charge in [0.25, 0.3) is 5.92 Å². The molecule has 3 N–H and O–H groups in total. The highest BCUT2D eigenvalue weighted by molar-refractivity contribution is 7.92. The van der Waals surface area contributed by atoms with Crippen LogP contribution in [0.4, 0.5) is 36.6 Å². The first-order valence-corrected chi connectivity index (χ1v) is 16.0. The van der Waals surface area contributed by atoms with Gasteiger partial charge in [-0.2, -0.15) is 18.3 Å². The highest BCUT2D eigenvalue weighted by Gasteiger charge is 2.55. The molecule has 9 nitrogen and oxygen atoms in total. The molecule has 1 aliphatic rings. The van der Waals surface area contributed by atoms with E-state index in [4.69, 9.17) is 11.6 Å². The zero-order valence-electron chi connectivity index (χ0n) is 24.7. The van der Waals surface area contributed by atoms with Crippen molar-refractivity contribution >= 4 is 44.3 Å². The van der Waals surface area contributed by atoms with Gasteiger partial charge in [-0.3, -0.25) is 14.2 Å². The fourth-order valence-electron chi connectivity index (χ4n) is 5.37. The fraction of sp³-hybridized carbons (Fsp3) is 0.300. The molecule has 1 amide bonds. The number of carbonyl (C=O) groups excluding carboxylic acids is 1. The largest absolute Gasteiger partial charge is 0.471 e. The van der Waals surface area contributed by atoms with Gasteiger partial charge in [0.05, 0.1) is 46.8 Å². The molecule has 1 fully saturated rings. The van der Waals surface area contributed by atoms with Gasteiger partial charge in [-0.05, 0) is 48.2 Å².